The van der Waals surface area contributed by atoms with Gasteiger partial charge in [-0.3, -0.25) is 4.79 Å². The number of amides is 1. The fourth-order valence-electron chi connectivity index (χ4n) is 2.93. The van der Waals surface area contributed by atoms with Crippen molar-refractivity contribution < 1.29 is 4.79 Å². The average Bonchev–Trinajstić information content (AvgIpc) is 2.73. The third-order valence-electron chi connectivity index (χ3n) is 4.31. The van der Waals surface area contributed by atoms with Gasteiger partial charge in [-0.1, -0.05) is 48.9 Å². The van der Waals surface area contributed by atoms with E-state index in [2.05, 4.69) is 12.2 Å². The molecule has 3 N–H and O–H groups in total. The molecule has 0 bridgehead atoms. The van der Waals surface area contributed by atoms with Crippen molar-refractivity contribution in [1.29, 1.82) is 0 Å². The Kier molecular flexibility index (Phi) is 5.77. The summed E-state index contributed by atoms with van der Waals surface area (Å²) in [6, 6.07) is 3.29. The largest absolute Gasteiger partial charge is 0.396 e. The van der Waals surface area contributed by atoms with Gasteiger partial charge in [0.05, 0.1) is 15.7 Å². The van der Waals surface area contributed by atoms with Crippen LogP contribution in [0.5, 0.6) is 0 Å². The molecule has 2 rings (SSSR count). The molecule has 0 radical (unpaired) electrons. The van der Waals surface area contributed by atoms with Crippen LogP contribution in [-0.2, 0) is 0 Å². The summed E-state index contributed by atoms with van der Waals surface area (Å²) in [6.07, 6.45) is 7.49. The van der Waals surface area contributed by atoms with Crippen molar-refractivity contribution >= 4 is 34.8 Å². The minimum Gasteiger partial charge on any atom is -0.396 e. The van der Waals surface area contributed by atoms with Crippen LogP contribution in [0.3, 0.4) is 0 Å². The minimum atomic E-state index is -0.143. The molecule has 3 nitrogen and oxygen atoms in total. The Bertz CT molecular complexity index is 488. The number of hydrogen-bond acceptors (Lipinski definition) is 2. The molecule has 1 aliphatic rings. The van der Waals surface area contributed by atoms with E-state index >= 15 is 0 Å². The van der Waals surface area contributed by atoms with Crippen molar-refractivity contribution in [2.75, 3.05) is 5.73 Å². The average molecular weight is 329 g/mol. The van der Waals surface area contributed by atoms with Crippen molar-refractivity contribution in [2.24, 2.45) is 5.92 Å². The number of anilines is 1. The Morgan fingerprint density at radius 2 is 1.71 bits per heavy atom. The zero-order valence-corrected chi connectivity index (χ0v) is 13.8. The fraction of sp³-hybridized carbons (Fsp3) is 0.562. The Labute approximate surface area is 136 Å². The normalized spacial score (nSPS) is 18.0. The highest BCUT2D eigenvalue weighted by atomic mass is 35.5. The SMILES string of the molecule is C[C@@H](NC(=O)c1cc(Cl)c(N)c(Cl)c1)C1CCCCCC1. The fourth-order valence-corrected chi connectivity index (χ4v) is 3.42. The lowest BCUT2D eigenvalue weighted by atomic mass is 9.93. The van der Waals surface area contributed by atoms with Gasteiger partial charge in [0.15, 0.2) is 0 Å². The quantitative estimate of drug-likeness (QED) is 0.626. The topological polar surface area (TPSA) is 55.1 Å². The van der Waals surface area contributed by atoms with Crippen LogP contribution in [0.1, 0.15) is 55.8 Å². The van der Waals surface area contributed by atoms with E-state index in [9.17, 15) is 4.79 Å². The molecule has 5 heteroatoms. The summed E-state index contributed by atoms with van der Waals surface area (Å²) >= 11 is 12.0. The maximum absolute atomic E-state index is 12.3. The first-order valence-electron chi connectivity index (χ1n) is 7.54. The van der Waals surface area contributed by atoms with Gasteiger partial charge in [-0.15, -0.1) is 0 Å². The maximum atomic E-state index is 12.3. The Hall–Kier alpha value is -0.930. The zero-order chi connectivity index (χ0) is 15.4. The van der Waals surface area contributed by atoms with Crippen molar-refractivity contribution in [3.63, 3.8) is 0 Å². The van der Waals surface area contributed by atoms with E-state index in [1.54, 1.807) is 12.1 Å². The molecular weight excluding hydrogens is 307 g/mol. The van der Waals surface area contributed by atoms with E-state index in [-0.39, 0.29) is 11.9 Å². The number of rotatable bonds is 3. The summed E-state index contributed by atoms with van der Waals surface area (Å²) in [5.41, 5.74) is 6.46. The maximum Gasteiger partial charge on any atom is 0.251 e. The highest BCUT2D eigenvalue weighted by molar-refractivity contribution is 6.39. The molecule has 1 atom stereocenters. The lowest BCUT2D eigenvalue weighted by molar-refractivity contribution is 0.0924. The van der Waals surface area contributed by atoms with Crippen LogP contribution in [0.25, 0.3) is 0 Å². The third kappa shape index (κ3) is 4.27. The number of nitrogen functional groups attached to an aromatic ring is 1. The van der Waals surface area contributed by atoms with Crippen LogP contribution >= 0.6 is 23.2 Å². The molecule has 1 fully saturated rings. The number of nitrogens with two attached hydrogens (primary N) is 1. The predicted octanol–water partition coefficient (Wildman–Crippen LogP) is 4.66. The molecule has 116 valence electrons. The van der Waals surface area contributed by atoms with E-state index in [0.29, 0.717) is 27.2 Å². The summed E-state index contributed by atoms with van der Waals surface area (Å²) in [5, 5.41) is 3.70. The van der Waals surface area contributed by atoms with E-state index in [4.69, 9.17) is 28.9 Å². The lowest BCUT2D eigenvalue weighted by Gasteiger charge is -2.23. The number of carbonyl (C=O) groups is 1. The van der Waals surface area contributed by atoms with Crippen molar-refractivity contribution in [2.45, 2.75) is 51.5 Å². The second kappa shape index (κ2) is 7.37. The second-order valence-electron chi connectivity index (χ2n) is 5.87. The summed E-state index contributed by atoms with van der Waals surface area (Å²) in [4.78, 5) is 12.3. The van der Waals surface area contributed by atoms with E-state index in [0.717, 1.165) is 0 Å². The van der Waals surface area contributed by atoms with Gasteiger partial charge in [0.2, 0.25) is 0 Å². The van der Waals surface area contributed by atoms with Crippen LogP contribution in [0.2, 0.25) is 10.0 Å². The Morgan fingerprint density at radius 1 is 1.19 bits per heavy atom. The van der Waals surface area contributed by atoms with Gasteiger partial charge in [0, 0.05) is 11.6 Å². The van der Waals surface area contributed by atoms with Gasteiger partial charge in [-0.25, -0.2) is 0 Å². The summed E-state index contributed by atoms with van der Waals surface area (Å²) in [5.74, 6) is 0.409. The van der Waals surface area contributed by atoms with Crippen LogP contribution in [0.15, 0.2) is 12.1 Å². The molecule has 0 aromatic heterocycles. The lowest BCUT2D eigenvalue weighted by Crippen LogP contribution is -2.38. The number of benzene rings is 1. The smallest absolute Gasteiger partial charge is 0.251 e. The zero-order valence-electron chi connectivity index (χ0n) is 12.3. The van der Waals surface area contributed by atoms with Crippen molar-refractivity contribution in [1.82, 2.24) is 5.32 Å². The second-order valence-corrected chi connectivity index (χ2v) is 6.68. The molecule has 0 heterocycles. The summed E-state index contributed by atoms with van der Waals surface area (Å²) in [6.45, 7) is 2.08. The molecule has 0 aliphatic heterocycles. The standard InChI is InChI=1S/C16H22Cl2N2O/c1-10(11-6-4-2-3-5-7-11)20-16(21)12-8-13(17)15(19)14(18)9-12/h8-11H,2-7,19H2,1H3,(H,20,21)/t10-/m1/s1. The first-order chi connectivity index (χ1) is 9.99. The van der Waals surface area contributed by atoms with Gasteiger partial charge < -0.3 is 11.1 Å². The highest BCUT2D eigenvalue weighted by Gasteiger charge is 2.21. The van der Waals surface area contributed by atoms with Crippen LogP contribution in [0, 0.1) is 5.92 Å². The summed E-state index contributed by atoms with van der Waals surface area (Å²) < 4.78 is 0. The van der Waals surface area contributed by atoms with Crippen LogP contribution in [-0.4, -0.2) is 11.9 Å². The van der Waals surface area contributed by atoms with Gasteiger partial charge in [-0.05, 0) is 37.8 Å². The van der Waals surface area contributed by atoms with E-state index in [1.165, 1.54) is 38.5 Å². The Balaban J connectivity index is 2.03. The first-order valence-corrected chi connectivity index (χ1v) is 8.30. The van der Waals surface area contributed by atoms with Crippen LogP contribution < -0.4 is 11.1 Å². The molecule has 1 aromatic carbocycles. The van der Waals surface area contributed by atoms with Gasteiger partial charge in [0.1, 0.15) is 0 Å². The molecule has 1 amide bonds. The molecule has 0 unspecified atom stereocenters. The molecule has 0 spiro atoms. The molecule has 1 aliphatic carbocycles. The van der Waals surface area contributed by atoms with Crippen molar-refractivity contribution in [3.8, 4) is 0 Å². The number of nitrogens with one attached hydrogen (secondary N) is 1. The predicted molar refractivity (Wildman–Crippen MR) is 89.0 cm³/mol. The number of carbonyl (C=O) groups excluding carboxylic acids is 1. The molecule has 21 heavy (non-hydrogen) atoms. The first kappa shape index (κ1) is 16.4. The summed E-state index contributed by atoms with van der Waals surface area (Å²) in [7, 11) is 0. The number of halogens is 2. The molecule has 0 saturated heterocycles. The minimum absolute atomic E-state index is 0.143. The van der Waals surface area contributed by atoms with Gasteiger partial charge in [0.25, 0.3) is 5.91 Å². The molecular formula is C16H22Cl2N2O. The van der Waals surface area contributed by atoms with Gasteiger partial charge >= 0.3 is 0 Å². The third-order valence-corrected chi connectivity index (χ3v) is 4.93. The monoisotopic (exact) mass is 328 g/mol. The Morgan fingerprint density at radius 3 is 2.24 bits per heavy atom. The number of hydrogen-bond donors (Lipinski definition) is 2. The molecule has 1 saturated carbocycles. The van der Waals surface area contributed by atoms with Crippen LogP contribution in [0.4, 0.5) is 5.69 Å². The molecule has 1 aromatic rings. The van der Waals surface area contributed by atoms with Crippen molar-refractivity contribution in [3.05, 3.63) is 27.7 Å². The van der Waals surface area contributed by atoms with E-state index < -0.39 is 0 Å². The highest BCUT2D eigenvalue weighted by Crippen LogP contribution is 2.29. The van der Waals surface area contributed by atoms with Gasteiger partial charge in [-0.2, -0.15) is 0 Å². The van der Waals surface area contributed by atoms with E-state index in [1.807, 2.05) is 0 Å².